The lowest BCUT2D eigenvalue weighted by atomic mass is 10.2. The molecule has 0 saturated carbocycles. The van der Waals surface area contributed by atoms with Crippen LogP contribution in [0, 0.1) is 0 Å². The third kappa shape index (κ3) is 4.23. The number of aliphatic hydroxyl groups excluding tert-OH is 1. The topological polar surface area (TPSA) is 46.1 Å². The van der Waals surface area contributed by atoms with Crippen molar-refractivity contribution in [3.63, 3.8) is 0 Å². The summed E-state index contributed by atoms with van der Waals surface area (Å²) in [5, 5.41) is 11.4. The smallest absolute Gasteiger partial charge is 0.128 e. The zero-order valence-electron chi connectivity index (χ0n) is 9.16. The number of hydrogen-bond donors (Lipinski definition) is 2. The van der Waals surface area contributed by atoms with Crippen molar-refractivity contribution in [1.82, 2.24) is 0 Å². The Morgan fingerprint density at radius 1 is 1.50 bits per heavy atom. The average Bonchev–Trinajstić information content (AvgIpc) is 2.28. The highest BCUT2D eigenvalue weighted by atomic mass is 35.5. The van der Waals surface area contributed by atoms with E-state index in [1.54, 1.807) is 12.1 Å². The fraction of sp³-hybridized carbons (Fsp3) is 0.333. The molecule has 88 valence electrons. The van der Waals surface area contributed by atoms with Gasteiger partial charge >= 0.3 is 0 Å². The largest absolute Gasteiger partial charge is 0.489 e. The molecule has 16 heavy (non-hydrogen) atoms. The Morgan fingerprint density at radius 2 is 2.31 bits per heavy atom. The first kappa shape index (κ1) is 13.0. The summed E-state index contributed by atoms with van der Waals surface area (Å²) in [7, 11) is 0. The Kier molecular flexibility index (Phi) is 5.93. The maximum Gasteiger partial charge on any atom is 0.128 e. The van der Waals surface area contributed by atoms with Gasteiger partial charge in [-0.3, -0.25) is 0 Å². The fourth-order valence-electron chi connectivity index (χ4n) is 1.35. The minimum Gasteiger partial charge on any atom is -0.489 e. The van der Waals surface area contributed by atoms with Gasteiger partial charge in [0.15, 0.2) is 0 Å². The number of ether oxygens (including phenoxy) is 1. The second kappa shape index (κ2) is 7.28. The summed E-state index contributed by atoms with van der Waals surface area (Å²) in [6.07, 6.45) is 1.70. The maximum atomic E-state index is 8.71. The van der Waals surface area contributed by atoms with E-state index in [1.807, 2.05) is 17.4 Å². The Hall–Kier alpha value is -1.03. The van der Waals surface area contributed by atoms with E-state index in [9.17, 15) is 0 Å². The molecule has 0 aromatic heterocycles. The molecule has 0 aliphatic rings. The number of rotatable bonds is 7. The summed E-state index contributed by atoms with van der Waals surface area (Å²) >= 11 is 5.92. The van der Waals surface area contributed by atoms with Crippen molar-refractivity contribution >= 4 is 11.6 Å². The lowest BCUT2D eigenvalue weighted by Crippen LogP contribution is -2.83. The van der Waals surface area contributed by atoms with Crippen LogP contribution in [0.1, 0.15) is 5.56 Å². The lowest BCUT2D eigenvalue weighted by molar-refractivity contribution is -0.671. The van der Waals surface area contributed by atoms with Crippen molar-refractivity contribution in [2.24, 2.45) is 0 Å². The van der Waals surface area contributed by atoms with Crippen molar-refractivity contribution in [3.05, 3.63) is 41.4 Å². The zero-order valence-corrected chi connectivity index (χ0v) is 9.91. The predicted molar refractivity (Wildman–Crippen MR) is 64.7 cm³/mol. The van der Waals surface area contributed by atoms with Gasteiger partial charge in [0.05, 0.1) is 13.2 Å². The molecule has 0 unspecified atom stereocenters. The van der Waals surface area contributed by atoms with E-state index in [-0.39, 0.29) is 6.61 Å². The second-order valence-corrected chi connectivity index (χ2v) is 3.79. The van der Waals surface area contributed by atoms with Gasteiger partial charge in [-0.2, -0.15) is 0 Å². The molecule has 0 aliphatic carbocycles. The third-order valence-corrected chi connectivity index (χ3v) is 2.31. The molecule has 0 heterocycles. The first-order valence-corrected chi connectivity index (χ1v) is 5.60. The number of benzene rings is 1. The van der Waals surface area contributed by atoms with Crippen LogP contribution in [0.15, 0.2) is 30.9 Å². The monoisotopic (exact) mass is 242 g/mol. The number of aliphatic hydroxyl groups is 1. The fourth-order valence-corrected chi connectivity index (χ4v) is 1.54. The van der Waals surface area contributed by atoms with Crippen LogP contribution in [-0.4, -0.2) is 24.9 Å². The molecular weight excluding hydrogens is 226 g/mol. The molecule has 0 radical (unpaired) electrons. The van der Waals surface area contributed by atoms with E-state index >= 15 is 0 Å². The summed E-state index contributed by atoms with van der Waals surface area (Å²) in [5.41, 5.74) is 1.03. The quantitative estimate of drug-likeness (QED) is 0.553. The van der Waals surface area contributed by atoms with E-state index in [4.69, 9.17) is 21.4 Å². The SMILES string of the molecule is C=CCOc1ccc(Cl)cc1C[NH2+]CCO. The molecule has 0 aliphatic heterocycles. The Bertz CT molecular complexity index is 342. The van der Waals surface area contributed by atoms with E-state index in [1.165, 1.54) is 0 Å². The van der Waals surface area contributed by atoms with Gasteiger partial charge in [0.1, 0.15) is 18.9 Å². The predicted octanol–water partition coefficient (Wildman–Crippen LogP) is 0.960. The molecule has 3 N–H and O–H groups in total. The standard InChI is InChI=1S/C12H16ClNO2/c1-2-7-16-12-4-3-11(13)8-10(12)9-14-5-6-15/h2-4,8,14-15H,1,5-7,9H2/p+1. The van der Waals surface area contributed by atoms with E-state index in [0.717, 1.165) is 17.9 Å². The highest BCUT2D eigenvalue weighted by Gasteiger charge is 2.05. The van der Waals surface area contributed by atoms with Crippen LogP contribution in [0.5, 0.6) is 5.75 Å². The first-order valence-electron chi connectivity index (χ1n) is 5.22. The lowest BCUT2D eigenvalue weighted by Gasteiger charge is -2.09. The third-order valence-electron chi connectivity index (χ3n) is 2.08. The van der Waals surface area contributed by atoms with Crippen LogP contribution in [0.4, 0.5) is 0 Å². The van der Waals surface area contributed by atoms with Crippen molar-refractivity contribution in [2.75, 3.05) is 19.8 Å². The second-order valence-electron chi connectivity index (χ2n) is 3.36. The van der Waals surface area contributed by atoms with E-state index < -0.39 is 0 Å². The minimum atomic E-state index is 0.170. The van der Waals surface area contributed by atoms with E-state index in [0.29, 0.717) is 18.2 Å². The van der Waals surface area contributed by atoms with Crippen molar-refractivity contribution in [3.8, 4) is 5.75 Å². The normalized spacial score (nSPS) is 10.1. The van der Waals surface area contributed by atoms with Gasteiger partial charge in [0, 0.05) is 10.6 Å². The van der Waals surface area contributed by atoms with Crippen LogP contribution < -0.4 is 10.1 Å². The Balaban J connectivity index is 2.68. The number of halogens is 1. The number of nitrogens with two attached hydrogens (primary N) is 1. The van der Waals surface area contributed by atoms with Gasteiger partial charge in [-0.05, 0) is 18.2 Å². The van der Waals surface area contributed by atoms with Crippen LogP contribution in [0.3, 0.4) is 0 Å². The van der Waals surface area contributed by atoms with E-state index in [2.05, 4.69) is 6.58 Å². The molecule has 0 amide bonds. The van der Waals surface area contributed by atoms with Crippen LogP contribution >= 0.6 is 11.6 Å². The molecule has 0 bridgehead atoms. The Labute approximate surface area is 101 Å². The first-order chi connectivity index (χ1) is 7.77. The highest BCUT2D eigenvalue weighted by Crippen LogP contribution is 2.22. The van der Waals surface area contributed by atoms with Gasteiger partial charge in [0.2, 0.25) is 0 Å². The Morgan fingerprint density at radius 3 is 3.00 bits per heavy atom. The molecule has 0 spiro atoms. The summed E-state index contributed by atoms with van der Waals surface area (Å²) in [4.78, 5) is 0. The van der Waals surface area contributed by atoms with Crippen molar-refractivity contribution < 1.29 is 15.2 Å². The molecule has 0 atom stereocenters. The minimum absolute atomic E-state index is 0.170. The van der Waals surface area contributed by atoms with Crippen molar-refractivity contribution in [1.29, 1.82) is 0 Å². The molecule has 0 fully saturated rings. The average molecular weight is 243 g/mol. The highest BCUT2D eigenvalue weighted by molar-refractivity contribution is 6.30. The number of hydrogen-bond acceptors (Lipinski definition) is 2. The number of quaternary nitrogens is 1. The summed E-state index contributed by atoms with van der Waals surface area (Å²) in [6, 6.07) is 5.54. The van der Waals surface area contributed by atoms with Crippen LogP contribution in [-0.2, 0) is 6.54 Å². The molecule has 0 saturated heterocycles. The van der Waals surface area contributed by atoms with Crippen molar-refractivity contribution in [2.45, 2.75) is 6.54 Å². The molecule has 1 aromatic carbocycles. The molecule has 1 aromatic rings. The zero-order chi connectivity index (χ0) is 11.8. The molecular formula is C12H17ClNO2+. The van der Waals surface area contributed by atoms with Gasteiger partial charge in [-0.15, -0.1) is 0 Å². The van der Waals surface area contributed by atoms with Gasteiger partial charge < -0.3 is 15.2 Å². The van der Waals surface area contributed by atoms with Crippen LogP contribution in [0.2, 0.25) is 5.02 Å². The molecule has 4 heteroatoms. The van der Waals surface area contributed by atoms with Gasteiger partial charge in [-0.1, -0.05) is 24.3 Å². The maximum absolute atomic E-state index is 8.71. The molecule has 1 rings (SSSR count). The summed E-state index contributed by atoms with van der Waals surface area (Å²) in [5.74, 6) is 0.818. The molecule has 3 nitrogen and oxygen atoms in total. The van der Waals surface area contributed by atoms with Crippen LogP contribution in [0.25, 0.3) is 0 Å². The summed E-state index contributed by atoms with van der Waals surface area (Å²) in [6.45, 7) is 5.67. The summed E-state index contributed by atoms with van der Waals surface area (Å²) < 4.78 is 5.51. The van der Waals surface area contributed by atoms with Gasteiger partial charge in [-0.25, -0.2) is 0 Å². The van der Waals surface area contributed by atoms with Gasteiger partial charge in [0.25, 0.3) is 0 Å².